The molecular formula is C10H8Cl2N2. The number of aromatic nitrogens is 1. The minimum Gasteiger partial charge on any atom is -0.326 e. The molecule has 0 bridgehead atoms. The van der Waals surface area contributed by atoms with Crippen molar-refractivity contribution in [1.82, 2.24) is 4.98 Å². The summed E-state index contributed by atoms with van der Waals surface area (Å²) >= 11 is 11.8. The van der Waals surface area contributed by atoms with Gasteiger partial charge in [-0.05, 0) is 18.2 Å². The molecule has 0 saturated heterocycles. The van der Waals surface area contributed by atoms with Crippen LogP contribution < -0.4 is 5.73 Å². The topological polar surface area (TPSA) is 38.9 Å². The number of nitrogens with two attached hydrogens (primary N) is 1. The average molecular weight is 227 g/mol. The number of pyridine rings is 1. The van der Waals surface area contributed by atoms with Gasteiger partial charge in [0.05, 0.1) is 5.52 Å². The Balaban J connectivity index is 2.73. The molecule has 2 nitrogen and oxygen atoms in total. The maximum absolute atomic E-state index is 5.92. The zero-order chi connectivity index (χ0) is 10.1. The number of hydrogen-bond acceptors (Lipinski definition) is 2. The average Bonchev–Trinajstić information content (AvgIpc) is 2.16. The molecule has 1 heterocycles. The fourth-order valence-electron chi connectivity index (χ4n) is 1.30. The summed E-state index contributed by atoms with van der Waals surface area (Å²) in [6, 6.07) is 7.43. The van der Waals surface area contributed by atoms with Crippen molar-refractivity contribution in [3.05, 3.63) is 40.0 Å². The van der Waals surface area contributed by atoms with Crippen LogP contribution in [0.15, 0.2) is 24.3 Å². The molecule has 72 valence electrons. The molecule has 14 heavy (non-hydrogen) atoms. The maximum atomic E-state index is 5.92. The molecule has 0 amide bonds. The summed E-state index contributed by atoms with van der Waals surface area (Å²) in [5.74, 6) is 0. The van der Waals surface area contributed by atoms with Gasteiger partial charge in [-0.2, -0.15) is 0 Å². The van der Waals surface area contributed by atoms with Crippen molar-refractivity contribution in [3.63, 3.8) is 0 Å². The first kappa shape index (κ1) is 9.71. The molecule has 4 heteroatoms. The van der Waals surface area contributed by atoms with Crippen LogP contribution in [-0.4, -0.2) is 4.98 Å². The second-order valence-corrected chi connectivity index (χ2v) is 3.77. The van der Waals surface area contributed by atoms with Crippen molar-refractivity contribution < 1.29 is 0 Å². The third kappa shape index (κ3) is 1.69. The van der Waals surface area contributed by atoms with E-state index < -0.39 is 0 Å². The van der Waals surface area contributed by atoms with Crippen molar-refractivity contribution in [2.75, 3.05) is 0 Å². The van der Waals surface area contributed by atoms with Gasteiger partial charge in [0.15, 0.2) is 0 Å². The highest BCUT2D eigenvalue weighted by Crippen LogP contribution is 2.22. The van der Waals surface area contributed by atoms with E-state index in [1.807, 2.05) is 18.2 Å². The molecule has 1 aromatic carbocycles. The zero-order valence-electron chi connectivity index (χ0n) is 7.30. The van der Waals surface area contributed by atoms with Gasteiger partial charge in [0, 0.05) is 22.5 Å². The molecule has 0 aliphatic carbocycles. The Morgan fingerprint density at radius 2 is 2.00 bits per heavy atom. The van der Waals surface area contributed by atoms with E-state index in [4.69, 9.17) is 28.9 Å². The van der Waals surface area contributed by atoms with Gasteiger partial charge >= 0.3 is 0 Å². The fraction of sp³-hybridized carbons (Fsp3) is 0.100. The Morgan fingerprint density at radius 1 is 1.21 bits per heavy atom. The van der Waals surface area contributed by atoms with E-state index in [0.717, 1.165) is 16.5 Å². The van der Waals surface area contributed by atoms with E-state index in [1.54, 1.807) is 6.07 Å². The Hall–Kier alpha value is -0.830. The highest BCUT2D eigenvalue weighted by atomic mass is 35.5. The van der Waals surface area contributed by atoms with Crippen LogP contribution in [0.2, 0.25) is 10.2 Å². The second kappa shape index (κ2) is 3.73. The van der Waals surface area contributed by atoms with Gasteiger partial charge < -0.3 is 5.73 Å². The lowest BCUT2D eigenvalue weighted by atomic mass is 10.1. The Morgan fingerprint density at radius 3 is 2.71 bits per heavy atom. The molecule has 0 radical (unpaired) electrons. The van der Waals surface area contributed by atoms with E-state index >= 15 is 0 Å². The van der Waals surface area contributed by atoms with Crippen LogP contribution in [0.4, 0.5) is 0 Å². The predicted molar refractivity (Wildman–Crippen MR) is 59.7 cm³/mol. The van der Waals surface area contributed by atoms with Crippen LogP contribution in [0, 0.1) is 0 Å². The van der Waals surface area contributed by atoms with Crippen LogP contribution in [0.3, 0.4) is 0 Å². The zero-order valence-corrected chi connectivity index (χ0v) is 8.81. The standard InChI is InChI=1S/C10H8Cl2N2/c11-8-2-1-6-3-7(5-13)10(12)14-9(6)4-8/h1-4H,5,13H2. The molecule has 2 N–H and O–H groups in total. The van der Waals surface area contributed by atoms with Gasteiger partial charge in [-0.25, -0.2) is 4.98 Å². The van der Waals surface area contributed by atoms with Gasteiger partial charge in [0.2, 0.25) is 0 Å². The highest BCUT2D eigenvalue weighted by molar-refractivity contribution is 6.32. The molecule has 0 aliphatic rings. The van der Waals surface area contributed by atoms with E-state index in [-0.39, 0.29) is 0 Å². The summed E-state index contributed by atoms with van der Waals surface area (Å²) < 4.78 is 0. The molecule has 0 saturated carbocycles. The minimum atomic E-state index is 0.393. The lowest BCUT2D eigenvalue weighted by molar-refractivity contribution is 1.06. The van der Waals surface area contributed by atoms with E-state index in [2.05, 4.69) is 4.98 Å². The molecule has 1 aromatic heterocycles. The molecule has 0 spiro atoms. The molecule has 0 atom stereocenters. The number of benzene rings is 1. The summed E-state index contributed by atoms with van der Waals surface area (Å²) in [6.07, 6.45) is 0. The van der Waals surface area contributed by atoms with Crippen LogP contribution in [0.1, 0.15) is 5.56 Å². The van der Waals surface area contributed by atoms with Crippen LogP contribution in [0.25, 0.3) is 10.9 Å². The van der Waals surface area contributed by atoms with E-state index in [9.17, 15) is 0 Å². The third-order valence-corrected chi connectivity index (χ3v) is 2.59. The molecule has 0 fully saturated rings. The smallest absolute Gasteiger partial charge is 0.134 e. The van der Waals surface area contributed by atoms with Gasteiger partial charge in [-0.3, -0.25) is 0 Å². The van der Waals surface area contributed by atoms with Crippen molar-refractivity contribution in [2.24, 2.45) is 5.73 Å². The Bertz CT molecular complexity index is 483. The quantitative estimate of drug-likeness (QED) is 0.760. The van der Waals surface area contributed by atoms with Crippen LogP contribution in [0.5, 0.6) is 0 Å². The van der Waals surface area contributed by atoms with Crippen molar-refractivity contribution in [1.29, 1.82) is 0 Å². The minimum absolute atomic E-state index is 0.393. The largest absolute Gasteiger partial charge is 0.326 e. The van der Waals surface area contributed by atoms with Gasteiger partial charge in [0.25, 0.3) is 0 Å². The first-order valence-electron chi connectivity index (χ1n) is 4.15. The van der Waals surface area contributed by atoms with Crippen molar-refractivity contribution >= 4 is 34.1 Å². The first-order valence-corrected chi connectivity index (χ1v) is 4.91. The lowest BCUT2D eigenvalue weighted by Gasteiger charge is -2.03. The number of hydrogen-bond donors (Lipinski definition) is 1. The molecular weight excluding hydrogens is 219 g/mol. The highest BCUT2D eigenvalue weighted by Gasteiger charge is 2.03. The number of rotatable bonds is 1. The third-order valence-electron chi connectivity index (χ3n) is 2.03. The molecule has 2 rings (SSSR count). The summed E-state index contributed by atoms with van der Waals surface area (Å²) in [6.45, 7) is 0.393. The molecule has 2 aromatic rings. The van der Waals surface area contributed by atoms with Crippen LogP contribution in [-0.2, 0) is 6.54 Å². The predicted octanol–water partition coefficient (Wildman–Crippen LogP) is 3.00. The lowest BCUT2D eigenvalue weighted by Crippen LogP contribution is -1.98. The maximum Gasteiger partial charge on any atom is 0.134 e. The monoisotopic (exact) mass is 226 g/mol. The fourth-order valence-corrected chi connectivity index (χ4v) is 1.69. The second-order valence-electron chi connectivity index (χ2n) is 2.98. The summed E-state index contributed by atoms with van der Waals surface area (Å²) in [5.41, 5.74) is 7.16. The molecule has 0 aliphatic heterocycles. The Labute approximate surface area is 91.6 Å². The van der Waals surface area contributed by atoms with Crippen LogP contribution >= 0.6 is 23.2 Å². The summed E-state index contributed by atoms with van der Waals surface area (Å²) in [7, 11) is 0. The van der Waals surface area contributed by atoms with Crippen molar-refractivity contribution in [2.45, 2.75) is 6.54 Å². The van der Waals surface area contributed by atoms with E-state index in [1.165, 1.54) is 0 Å². The Kier molecular flexibility index (Phi) is 2.59. The van der Waals surface area contributed by atoms with E-state index in [0.29, 0.717) is 16.7 Å². The van der Waals surface area contributed by atoms with Gasteiger partial charge in [-0.1, -0.05) is 29.3 Å². The summed E-state index contributed by atoms with van der Waals surface area (Å²) in [4.78, 5) is 4.21. The number of nitrogens with zero attached hydrogens (tertiary/aromatic N) is 1. The van der Waals surface area contributed by atoms with Gasteiger partial charge in [-0.15, -0.1) is 0 Å². The first-order chi connectivity index (χ1) is 6.70. The number of halogens is 2. The summed E-state index contributed by atoms with van der Waals surface area (Å²) in [5, 5.41) is 2.10. The normalized spacial score (nSPS) is 10.8. The SMILES string of the molecule is NCc1cc2ccc(Cl)cc2nc1Cl. The number of fused-ring (bicyclic) bond motifs is 1. The molecule has 0 unspecified atom stereocenters. The van der Waals surface area contributed by atoms with Gasteiger partial charge in [0.1, 0.15) is 5.15 Å². The van der Waals surface area contributed by atoms with Crippen molar-refractivity contribution in [3.8, 4) is 0 Å².